The van der Waals surface area contributed by atoms with Crippen molar-refractivity contribution >= 4 is 54.3 Å². The predicted molar refractivity (Wildman–Crippen MR) is 57.9 cm³/mol. The van der Waals surface area contributed by atoms with Gasteiger partial charge < -0.3 is 0 Å². The molecule has 11 heavy (non-hydrogen) atoms. The Kier molecular flexibility index (Phi) is 2.16. The van der Waals surface area contributed by atoms with Crippen LogP contribution in [-0.4, -0.2) is 0 Å². The summed E-state index contributed by atoms with van der Waals surface area (Å²) in [6.45, 7) is 0. The van der Waals surface area contributed by atoms with Crippen molar-refractivity contribution in [3.8, 4) is 0 Å². The smallest absolute Gasteiger partial charge is 0.0722 e. The third kappa shape index (κ3) is 1.43. The van der Waals surface area contributed by atoms with Gasteiger partial charge in [-0.3, -0.25) is 5.43 Å². The first-order valence-electron chi connectivity index (χ1n) is 2.86. The SMILES string of the molecule is Clc1cc2c(cc1Br)NN=I2. The maximum absolute atomic E-state index is 5.89. The fourth-order valence-electron chi connectivity index (χ4n) is 0.790. The third-order valence-electron chi connectivity index (χ3n) is 1.31. The van der Waals surface area contributed by atoms with Crippen LogP contribution in [0, 0.1) is 3.57 Å². The zero-order valence-corrected chi connectivity index (χ0v) is 9.74. The topological polar surface area (TPSA) is 24.4 Å². The van der Waals surface area contributed by atoms with Gasteiger partial charge in [0.15, 0.2) is 0 Å². The molecule has 0 unspecified atom stereocenters. The lowest BCUT2D eigenvalue weighted by molar-refractivity contribution is 1.40. The summed E-state index contributed by atoms with van der Waals surface area (Å²) in [4.78, 5) is 0. The number of hydrogen-bond donors (Lipinski definition) is 1. The van der Waals surface area contributed by atoms with Crippen LogP contribution in [0.4, 0.5) is 5.69 Å². The first-order valence-corrected chi connectivity index (χ1v) is 6.08. The summed E-state index contributed by atoms with van der Waals surface area (Å²) in [5, 5.41) is 0.766. The van der Waals surface area contributed by atoms with Gasteiger partial charge in [-0.25, -0.2) is 0 Å². The summed E-state index contributed by atoms with van der Waals surface area (Å²) in [7, 11) is 0. The van der Waals surface area contributed by atoms with E-state index in [2.05, 4.69) is 24.6 Å². The van der Waals surface area contributed by atoms with Crippen molar-refractivity contribution in [2.75, 3.05) is 5.43 Å². The van der Waals surface area contributed by atoms with Crippen molar-refractivity contribution in [3.63, 3.8) is 0 Å². The van der Waals surface area contributed by atoms with Gasteiger partial charge in [0, 0.05) is 4.47 Å². The number of nitrogens with zero attached hydrogens (tertiary/aromatic N) is 1. The van der Waals surface area contributed by atoms with Gasteiger partial charge in [-0.05, 0) is 28.1 Å². The summed E-state index contributed by atoms with van der Waals surface area (Å²) in [6, 6.07) is 3.94. The molecule has 0 aromatic heterocycles. The van der Waals surface area contributed by atoms with Gasteiger partial charge in [0.25, 0.3) is 0 Å². The Balaban J connectivity index is 2.63. The summed E-state index contributed by atoms with van der Waals surface area (Å²) in [5.41, 5.74) is 4.05. The molecular formula is C6H3BrClIN2. The first-order chi connectivity index (χ1) is 5.27. The second-order valence-electron chi connectivity index (χ2n) is 2.03. The number of halogens is 3. The lowest BCUT2D eigenvalue weighted by Gasteiger charge is -1.99. The summed E-state index contributed by atoms with van der Waals surface area (Å²) >= 11 is 9.04. The molecule has 0 fully saturated rings. The van der Waals surface area contributed by atoms with Crippen LogP contribution in [-0.2, 0) is 0 Å². The summed E-state index contributed by atoms with van der Waals surface area (Å²) in [6.07, 6.45) is 0. The standard InChI is InChI=1S/C6H3BrClIN2/c7-3-1-6-5(2-4(3)8)9-11-10-6/h1-2,10H. The van der Waals surface area contributed by atoms with E-state index in [0.717, 1.165) is 15.2 Å². The van der Waals surface area contributed by atoms with Crippen LogP contribution in [0.3, 0.4) is 0 Å². The van der Waals surface area contributed by atoms with Gasteiger partial charge in [-0.2, -0.15) is 0 Å². The number of rotatable bonds is 0. The molecule has 0 amide bonds. The molecule has 0 saturated carbocycles. The van der Waals surface area contributed by atoms with E-state index < -0.39 is 0 Å². The van der Waals surface area contributed by atoms with Gasteiger partial charge in [0.2, 0.25) is 0 Å². The van der Waals surface area contributed by atoms with E-state index in [1.54, 1.807) is 0 Å². The molecular weight excluding hydrogens is 342 g/mol. The fraction of sp³-hybridized carbons (Fsp3) is 0. The molecule has 1 heterocycles. The van der Waals surface area contributed by atoms with Crippen molar-refractivity contribution < 1.29 is 0 Å². The Morgan fingerprint density at radius 2 is 2.36 bits per heavy atom. The van der Waals surface area contributed by atoms with Gasteiger partial charge in [-0.15, -0.1) is 3.25 Å². The molecule has 0 atom stereocenters. The van der Waals surface area contributed by atoms with Gasteiger partial charge in [-0.1, -0.05) is 11.6 Å². The number of benzene rings is 1. The van der Waals surface area contributed by atoms with Crippen LogP contribution in [0.2, 0.25) is 5.02 Å². The predicted octanol–water partition coefficient (Wildman–Crippen LogP) is 3.77. The Morgan fingerprint density at radius 3 is 3.18 bits per heavy atom. The number of anilines is 1. The van der Waals surface area contributed by atoms with Crippen molar-refractivity contribution in [1.29, 1.82) is 0 Å². The molecule has 5 heteroatoms. The minimum absolute atomic E-state index is 0.198. The van der Waals surface area contributed by atoms with Crippen LogP contribution in [0.25, 0.3) is 0 Å². The van der Waals surface area contributed by atoms with Crippen LogP contribution in [0.5, 0.6) is 0 Å². The van der Waals surface area contributed by atoms with E-state index in [4.69, 9.17) is 11.6 Å². The molecule has 58 valence electrons. The van der Waals surface area contributed by atoms with Crippen LogP contribution < -0.4 is 5.43 Å². The highest BCUT2D eigenvalue weighted by Gasteiger charge is 2.09. The quantitative estimate of drug-likeness (QED) is 0.562. The van der Waals surface area contributed by atoms with E-state index in [-0.39, 0.29) is 21.0 Å². The van der Waals surface area contributed by atoms with Crippen molar-refractivity contribution in [1.82, 2.24) is 0 Å². The second-order valence-corrected chi connectivity index (χ2v) is 5.42. The minimum atomic E-state index is -0.198. The van der Waals surface area contributed by atoms with Gasteiger partial charge in [0.05, 0.1) is 35.3 Å². The van der Waals surface area contributed by atoms with E-state index in [1.165, 1.54) is 3.57 Å². The third-order valence-corrected chi connectivity index (χ3v) is 4.40. The number of hydrogen-bond acceptors (Lipinski definition) is 2. The van der Waals surface area contributed by atoms with Crippen LogP contribution in [0.1, 0.15) is 0 Å². The summed E-state index contributed by atoms with van der Waals surface area (Å²) < 4.78 is 6.30. The molecule has 1 aromatic rings. The zero-order chi connectivity index (χ0) is 7.84. The average Bonchev–Trinajstić information content (AvgIpc) is 2.36. The molecule has 1 N–H and O–H groups in total. The van der Waals surface area contributed by atoms with E-state index in [0.29, 0.717) is 0 Å². The molecule has 2 nitrogen and oxygen atoms in total. The van der Waals surface area contributed by atoms with Crippen molar-refractivity contribution in [2.24, 2.45) is 3.25 Å². The van der Waals surface area contributed by atoms with Gasteiger partial charge in [0.1, 0.15) is 0 Å². The molecule has 1 aliphatic heterocycles. The Morgan fingerprint density at radius 1 is 1.55 bits per heavy atom. The molecule has 0 bridgehead atoms. The van der Waals surface area contributed by atoms with Gasteiger partial charge >= 0.3 is 0 Å². The van der Waals surface area contributed by atoms with Crippen LogP contribution >= 0.6 is 48.6 Å². The fourth-order valence-corrected chi connectivity index (χ4v) is 3.11. The average molecular weight is 345 g/mol. The summed E-state index contributed by atoms with van der Waals surface area (Å²) in [5.74, 6) is 0. The van der Waals surface area contributed by atoms with E-state index >= 15 is 0 Å². The molecule has 0 radical (unpaired) electrons. The number of fused-ring (bicyclic) bond motifs is 1. The molecule has 0 spiro atoms. The Labute approximate surface area is 87.6 Å². The molecule has 1 aliphatic rings. The molecule has 1 aromatic carbocycles. The molecule has 2 rings (SSSR count). The van der Waals surface area contributed by atoms with Crippen LogP contribution in [0.15, 0.2) is 19.9 Å². The highest BCUT2D eigenvalue weighted by molar-refractivity contribution is 14.2. The maximum Gasteiger partial charge on any atom is 0.0722 e. The monoisotopic (exact) mass is 344 g/mol. The lowest BCUT2D eigenvalue weighted by atomic mass is 10.3. The molecule has 0 saturated heterocycles. The first kappa shape index (κ1) is 7.94. The number of nitrogens with one attached hydrogen (secondary N) is 1. The largest absolute Gasteiger partial charge is 0.272 e. The normalized spacial score (nSPS) is 13.6. The Hall–Kier alpha value is 0.320. The minimum Gasteiger partial charge on any atom is -0.272 e. The second kappa shape index (κ2) is 2.99. The van der Waals surface area contributed by atoms with Crippen molar-refractivity contribution in [2.45, 2.75) is 0 Å². The highest BCUT2D eigenvalue weighted by Crippen LogP contribution is 2.36. The van der Waals surface area contributed by atoms with E-state index in [9.17, 15) is 0 Å². The van der Waals surface area contributed by atoms with E-state index in [1.807, 2.05) is 12.1 Å². The zero-order valence-electron chi connectivity index (χ0n) is 5.24. The maximum atomic E-state index is 5.89. The highest BCUT2D eigenvalue weighted by atomic mass is 127. The lowest BCUT2D eigenvalue weighted by Crippen LogP contribution is -1.84. The molecule has 0 aliphatic carbocycles. The van der Waals surface area contributed by atoms with Crippen molar-refractivity contribution in [3.05, 3.63) is 25.2 Å². The Bertz CT molecular complexity index is 340.